The van der Waals surface area contributed by atoms with Gasteiger partial charge in [0.05, 0.1) is 21.9 Å². The SMILES string of the molecule is Cc1ccc2ncc(-c3cnn4c(N)c(Br)c(CNC5CCN(C(=O)C6(O)CC6)CC5)nc34)cc2c1. The number of hydrogen-bond acceptors (Lipinski definition) is 7. The van der Waals surface area contributed by atoms with Crippen molar-refractivity contribution in [1.82, 2.24) is 29.8 Å². The molecule has 4 N–H and O–H groups in total. The van der Waals surface area contributed by atoms with Gasteiger partial charge in [0, 0.05) is 48.4 Å². The lowest BCUT2D eigenvalue weighted by atomic mass is 10.0. The van der Waals surface area contributed by atoms with Crippen molar-refractivity contribution >= 4 is 44.2 Å². The number of halogens is 1. The normalized spacial score (nSPS) is 17.7. The molecule has 0 bridgehead atoms. The topological polar surface area (TPSA) is 122 Å². The molecule has 10 heteroatoms. The summed E-state index contributed by atoms with van der Waals surface area (Å²) in [7, 11) is 0. The number of carbonyl (C=O) groups is 1. The van der Waals surface area contributed by atoms with Gasteiger partial charge in [0.15, 0.2) is 5.65 Å². The number of benzene rings is 1. The summed E-state index contributed by atoms with van der Waals surface area (Å²) < 4.78 is 2.36. The van der Waals surface area contributed by atoms with Gasteiger partial charge in [-0.3, -0.25) is 9.78 Å². The molecule has 6 rings (SSSR count). The Morgan fingerprint density at radius 3 is 2.78 bits per heavy atom. The van der Waals surface area contributed by atoms with Gasteiger partial charge in [0.1, 0.15) is 11.4 Å². The third-order valence-corrected chi connectivity index (χ3v) is 8.16. The monoisotopic (exact) mass is 549 g/mol. The number of nitrogens with one attached hydrogen (secondary N) is 1. The molecule has 4 heterocycles. The minimum atomic E-state index is -1.09. The van der Waals surface area contributed by atoms with Crippen molar-refractivity contribution in [1.29, 1.82) is 0 Å². The van der Waals surface area contributed by atoms with Crippen LogP contribution in [0.4, 0.5) is 5.82 Å². The molecule has 1 saturated carbocycles. The number of aliphatic hydroxyl groups is 1. The van der Waals surface area contributed by atoms with Crippen molar-refractivity contribution in [3.8, 4) is 11.1 Å². The van der Waals surface area contributed by atoms with Crippen LogP contribution in [0.2, 0.25) is 0 Å². The zero-order chi connectivity index (χ0) is 25.0. The van der Waals surface area contributed by atoms with Crippen LogP contribution in [0.1, 0.15) is 36.9 Å². The molecular formula is C26H28BrN7O2. The first kappa shape index (κ1) is 23.3. The molecule has 0 radical (unpaired) electrons. The summed E-state index contributed by atoms with van der Waals surface area (Å²) in [5.74, 6) is 0.376. The number of likely N-dealkylation sites (tertiary alicyclic amines) is 1. The van der Waals surface area contributed by atoms with Gasteiger partial charge in [0.2, 0.25) is 0 Å². The molecule has 3 aromatic heterocycles. The van der Waals surface area contributed by atoms with Gasteiger partial charge >= 0.3 is 0 Å². The van der Waals surface area contributed by atoms with Gasteiger partial charge in [-0.2, -0.15) is 9.61 Å². The van der Waals surface area contributed by atoms with Gasteiger partial charge in [0.25, 0.3) is 5.91 Å². The Bertz CT molecular complexity index is 1490. The number of nitrogens with zero attached hydrogens (tertiary/aromatic N) is 5. The number of aromatic nitrogens is 4. The minimum Gasteiger partial charge on any atom is -0.383 e. The first-order valence-electron chi connectivity index (χ1n) is 12.3. The van der Waals surface area contributed by atoms with Crippen LogP contribution in [0.5, 0.6) is 0 Å². The largest absolute Gasteiger partial charge is 0.383 e. The van der Waals surface area contributed by atoms with E-state index in [2.05, 4.69) is 56.5 Å². The highest BCUT2D eigenvalue weighted by Gasteiger charge is 2.50. The third kappa shape index (κ3) is 4.12. The van der Waals surface area contributed by atoms with Crippen LogP contribution < -0.4 is 11.1 Å². The number of aryl methyl sites for hydroxylation is 1. The number of carbonyl (C=O) groups excluding carboxylic acids is 1. The molecule has 1 aliphatic heterocycles. The highest BCUT2D eigenvalue weighted by molar-refractivity contribution is 9.10. The van der Waals surface area contributed by atoms with Gasteiger partial charge in [-0.1, -0.05) is 11.6 Å². The summed E-state index contributed by atoms with van der Waals surface area (Å²) >= 11 is 3.61. The number of fused-ring (bicyclic) bond motifs is 2. The molecule has 9 nitrogen and oxygen atoms in total. The van der Waals surface area contributed by atoms with E-state index in [-0.39, 0.29) is 11.9 Å². The van der Waals surface area contributed by atoms with E-state index in [4.69, 9.17) is 10.7 Å². The fourth-order valence-corrected chi connectivity index (χ4v) is 5.31. The lowest BCUT2D eigenvalue weighted by Gasteiger charge is -2.33. The maximum Gasteiger partial charge on any atom is 0.254 e. The number of nitrogen functional groups attached to an aromatic ring is 1. The highest BCUT2D eigenvalue weighted by atomic mass is 79.9. The highest BCUT2D eigenvalue weighted by Crippen LogP contribution is 2.37. The summed E-state index contributed by atoms with van der Waals surface area (Å²) in [6, 6.07) is 8.57. The predicted octanol–water partition coefficient (Wildman–Crippen LogP) is 3.20. The Kier molecular flexibility index (Phi) is 5.70. The zero-order valence-corrected chi connectivity index (χ0v) is 21.6. The van der Waals surface area contributed by atoms with Crippen LogP contribution in [0.25, 0.3) is 27.7 Å². The van der Waals surface area contributed by atoms with E-state index in [9.17, 15) is 9.90 Å². The fraction of sp³-hybridized carbons (Fsp3) is 0.385. The summed E-state index contributed by atoms with van der Waals surface area (Å²) in [6.07, 6.45) is 6.45. The smallest absolute Gasteiger partial charge is 0.254 e. The van der Waals surface area contributed by atoms with E-state index in [0.717, 1.165) is 40.6 Å². The van der Waals surface area contributed by atoms with Crippen LogP contribution >= 0.6 is 15.9 Å². The molecular weight excluding hydrogens is 522 g/mol. The van der Waals surface area contributed by atoms with Gasteiger partial charge < -0.3 is 21.1 Å². The van der Waals surface area contributed by atoms with Crippen LogP contribution in [-0.4, -0.2) is 60.2 Å². The molecule has 2 fully saturated rings. The van der Waals surface area contributed by atoms with Crippen molar-refractivity contribution in [3.05, 3.63) is 52.4 Å². The number of piperidine rings is 1. The maximum absolute atomic E-state index is 12.4. The van der Waals surface area contributed by atoms with Crippen LogP contribution in [0, 0.1) is 6.92 Å². The molecule has 186 valence electrons. The Hall–Kier alpha value is -3.08. The van der Waals surface area contributed by atoms with Gasteiger partial charge in [-0.05, 0) is 66.7 Å². The average Bonchev–Trinajstić information content (AvgIpc) is 3.50. The van der Waals surface area contributed by atoms with Crippen molar-refractivity contribution in [3.63, 3.8) is 0 Å². The summed E-state index contributed by atoms with van der Waals surface area (Å²) in [4.78, 5) is 23.7. The van der Waals surface area contributed by atoms with Crippen LogP contribution in [0.3, 0.4) is 0 Å². The molecule has 2 aliphatic rings. The number of pyridine rings is 1. The van der Waals surface area contributed by atoms with E-state index in [1.54, 1.807) is 15.6 Å². The fourth-order valence-electron chi connectivity index (χ4n) is 4.92. The standard InChI is InChI=1S/C26H28BrN7O2/c1-15-2-3-20-16(10-15)11-17(12-30-20)19-13-31-34-23(28)22(27)21(32-24(19)34)14-29-18-4-8-33(9-5-18)25(35)26(36)6-7-26/h2-3,10-13,18,29,36H,4-9,14,28H2,1H3. The molecule has 36 heavy (non-hydrogen) atoms. The van der Waals surface area contributed by atoms with Crippen molar-refractivity contribution < 1.29 is 9.90 Å². The number of nitrogens with two attached hydrogens (primary N) is 1. The summed E-state index contributed by atoms with van der Waals surface area (Å²) in [5.41, 5.74) is 10.8. The minimum absolute atomic E-state index is 0.116. The van der Waals surface area contributed by atoms with E-state index < -0.39 is 5.60 Å². The molecule has 1 aromatic carbocycles. The van der Waals surface area contributed by atoms with Crippen molar-refractivity contribution in [2.24, 2.45) is 0 Å². The van der Waals surface area contributed by atoms with Crippen molar-refractivity contribution in [2.75, 3.05) is 18.8 Å². The maximum atomic E-state index is 12.4. The van der Waals surface area contributed by atoms with Crippen LogP contribution in [-0.2, 0) is 11.3 Å². The average molecular weight is 550 g/mol. The van der Waals surface area contributed by atoms with Gasteiger partial charge in [-0.15, -0.1) is 0 Å². The molecule has 1 amide bonds. The Morgan fingerprint density at radius 2 is 2.03 bits per heavy atom. The Balaban J connectivity index is 1.22. The summed E-state index contributed by atoms with van der Waals surface area (Å²) in [6.45, 7) is 3.90. The zero-order valence-electron chi connectivity index (χ0n) is 20.0. The number of rotatable bonds is 5. The molecule has 4 aromatic rings. The lowest BCUT2D eigenvalue weighted by molar-refractivity contribution is -0.143. The summed E-state index contributed by atoms with van der Waals surface area (Å²) in [5, 5.41) is 19.2. The number of hydrogen-bond donors (Lipinski definition) is 3. The Labute approximate surface area is 216 Å². The molecule has 1 aliphatic carbocycles. The molecule has 0 unspecified atom stereocenters. The van der Waals surface area contributed by atoms with E-state index >= 15 is 0 Å². The van der Waals surface area contributed by atoms with E-state index in [0.29, 0.717) is 48.4 Å². The van der Waals surface area contributed by atoms with Crippen molar-refractivity contribution in [2.45, 2.75) is 50.8 Å². The van der Waals surface area contributed by atoms with E-state index in [1.165, 1.54) is 5.56 Å². The van der Waals surface area contributed by atoms with E-state index in [1.807, 2.05) is 12.3 Å². The van der Waals surface area contributed by atoms with Gasteiger partial charge in [-0.25, -0.2) is 4.98 Å². The molecule has 0 atom stereocenters. The van der Waals surface area contributed by atoms with Crippen LogP contribution in [0.15, 0.2) is 41.1 Å². The lowest BCUT2D eigenvalue weighted by Crippen LogP contribution is -2.48. The number of anilines is 1. The Morgan fingerprint density at radius 1 is 1.25 bits per heavy atom. The molecule has 1 saturated heterocycles. The second-order valence-corrected chi connectivity index (χ2v) is 10.7. The second kappa shape index (κ2) is 8.79. The first-order valence-corrected chi connectivity index (χ1v) is 13.1. The third-order valence-electron chi connectivity index (χ3n) is 7.30. The molecule has 0 spiro atoms. The predicted molar refractivity (Wildman–Crippen MR) is 141 cm³/mol. The number of amides is 1. The quantitative estimate of drug-likeness (QED) is 0.349. The first-order chi connectivity index (χ1) is 17.3. The second-order valence-electron chi connectivity index (χ2n) is 9.95.